The minimum absolute atomic E-state index is 0.135. The molecule has 0 bridgehead atoms. The van der Waals surface area contributed by atoms with Gasteiger partial charge >= 0.3 is 0 Å². The third kappa shape index (κ3) is 5.65. The van der Waals surface area contributed by atoms with Gasteiger partial charge < -0.3 is 10.6 Å². The molecule has 2 N–H and O–H groups in total. The highest BCUT2D eigenvalue weighted by atomic mass is 79.9. The highest BCUT2D eigenvalue weighted by Crippen LogP contribution is 2.37. The smallest absolute Gasteiger partial charge is 0.267 e. The van der Waals surface area contributed by atoms with Crippen molar-refractivity contribution in [1.82, 2.24) is 4.90 Å². The molecule has 31 heavy (non-hydrogen) atoms. The van der Waals surface area contributed by atoms with Gasteiger partial charge in [-0.05, 0) is 70.3 Å². The molecule has 0 unspecified atom stereocenters. The zero-order chi connectivity index (χ0) is 22.4. The normalized spacial score (nSPS) is 13.8. The van der Waals surface area contributed by atoms with Crippen LogP contribution in [0.25, 0.3) is 11.1 Å². The lowest BCUT2D eigenvalue weighted by Gasteiger charge is -2.26. The van der Waals surface area contributed by atoms with Crippen molar-refractivity contribution in [2.75, 3.05) is 0 Å². The number of allylic oxidation sites excluding steroid dienone is 2. The average Bonchev–Trinajstić information content (AvgIpc) is 3.65. The third-order valence-corrected chi connectivity index (χ3v) is 6.35. The van der Waals surface area contributed by atoms with E-state index in [0.29, 0.717) is 28.2 Å². The summed E-state index contributed by atoms with van der Waals surface area (Å²) in [5, 5.41) is 9.36. The zero-order valence-electron chi connectivity index (χ0n) is 17.9. The van der Waals surface area contributed by atoms with Gasteiger partial charge in [0.2, 0.25) is 0 Å². The number of rotatable bonds is 9. The molecule has 2 aromatic carbocycles. The van der Waals surface area contributed by atoms with Gasteiger partial charge in [0.25, 0.3) is 5.91 Å². The van der Waals surface area contributed by atoms with Crippen LogP contribution in [0.3, 0.4) is 0 Å². The van der Waals surface area contributed by atoms with Crippen molar-refractivity contribution in [2.24, 2.45) is 11.7 Å². The van der Waals surface area contributed by atoms with Crippen LogP contribution in [0.1, 0.15) is 50.2 Å². The molecular weight excluding hydrogens is 450 g/mol. The maximum atomic E-state index is 13.2. The molecule has 1 amide bonds. The molecule has 0 heterocycles. The summed E-state index contributed by atoms with van der Waals surface area (Å²) in [4.78, 5) is 15.0. The topological polar surface area (TPSA) is 70.1 Å². The monoisotopic (exact) mass is 477 g/mol. The Morgan fingerprint density at radius 1 is 1.23 bits per heavy atom. The Morgan fingerprint density at radius 2 is 1.90 bits per heavy atom. The minimum Gasteiger partial charge on any atom is -0.401 e. The predicted molar refractivity (Wildman–Crippen MR) is 129 cm³/mol. The van der Waals surface area contributed by atoms with E-state index in [1.807, 2.05) is 48.5 Å². The molecule has 0 atom stereocenters. The van der Waals surface area contributed by atoms with Crippen molar-refractivity contribution in [3.05, 3.63) is 82.1 Å². The van der Waals surface area contributed by atoms with Crippen LogP contribution in [0, 0.1) is 17.2 Å². The van der Waals surface area contributed by atoms with Crippen LogP contribution < -0.4 is 5.73 Å². The van der Waals surface area contributed by atoms with Crippen LogP contribution in [0.2, 0.25) is 0 Å². The minimum atomic E-state index is -0.135. The summed E-state index contributed by atoms with van der Waals surface area (Å²) < 4.78 is 0.451. The molecular formula is C26H28BrN3O. The van der Waals surface area contributed by atoms with E-state index in [2.05, 4.69) is 35.5 Å². The van der Waals surface area contributed by atoms with Gasteiger partial charge in [0, 0.05) is 11.4 Å². The van der Waals surface area contributed by atoms with Crippen LogP contribution in [0.4, 0.5) is 0 Å². The van der Waals surface area contributed by atoms with Crippen LogP contribution in [-0.2, 0) is 11.3 Å². The number of nitriles is 1. The standard InChI is InChI=1S/C26H28BrN3O/c1-3-4-7-18(2)30(26(31)24(27)25(29)21-14-15-21)17-19-10-12-20(13-11-19)23-9-6-5-8-22(23)16-28/h5-6,8-13,21H,2-4,7,14-15,17,29H2,1H3/b25-24+. The molecule has 0 radical (unpaired) electrons. The van der Waals surface area contributed by atoms with E-state index in [1.54, 1.807) is 4.90 Å². The van der Waals surface area contributed by atoms with E-state index in [1.165, 1.54) is 0 Å². The third-order valence-electron chi connectivity index (χ3n) is 5.56. The second-order valence-corrected chi connectivity index (χ2v) is 8.75. The van der Waals surface area contributed by atoms with Crippen LogP contribution in [0.5, 0.6) is 0 Å². The molecule has 4 nitrogen and oxygen atoms in total. The number of carbonyl (C=O) groups is 1. The van der Waals surface area contributed by atoms with Gasteiger partial charge in [0.15, 0.2) is 0 Å². The average molecular weight is 478 g/mol. The second-order valence-electron chi connectivity index (χ2n) is 7.96. The van der Waals surface area contributed by atoms with E-state index in [0.717, 1.165) is 54.5 Å². The summed E-state index contributed by atoms with van der Waals surface area (Å²) in [7, 11) is 0. The van der Waals surface area contributed by atoms with Gasteiger partial charge in [0.05, 0.1) is 18.2 Å². The molecule has 0 aliphatic heterocycles. The Morgan fingerprint density at radius 3 is 2.52 bits per heavy atom. The largest absolute Gasteiger partial charge is 0.401 e. The summed E-state index contributed by atoms with van der Waals surface area (Å²) in [6, 6.07) is 17.8. The highest BCUT2D eigenvalue weighted by molar-refractivity contribution is 9.12. The number of benzene rings is 2. The molecule has 0 aromatic heterocycles. The van der Waals surface area contributed by atoms with Crippen molar-refractivity contribution >= 4 is 21.8 Å². The molecule has 1 saturated carbocycles. The van der Waals surface area contributed by atoms with E-state index in [4.69, 9.17) is 5.73 Å². The van der Waals surface area contributed by atoms with Crippen LogP contribution in [0.15, 0.2) is 71.0 Å². The SMILES string of the molecule is C=C(CCCC)N(Cc1ccc(-c2ccccc2C#N)cc1)C(=O)/C(Br)=C(\N)C1CC1. The summed E-state index contributed by atoms with van der Waals surface area (Å²) in [5.41, 5.74) is 11.1. The maximum absolute atomic E-state index is 13.2. The van der Waals surface area contributed by atoms with Crippen molar-refractivity contribution in [1.29, 1.82) is 5.26 Å². The number of nitrogens with zero attached hydrogens (tertiary/aromatic N) is 2. The summed E-state index contributed by atoms with van der Waals surface area (Å²) >= 11 is 3.45. The molecule has 1 fully saturated rings. The number of unbranched alkanes of at least 4 members (excludes halogenated alkanes) is 1. The Bertz CT molecular complexity index is 1030. The fourth-order valence-corrected chi connectivity index (χ4v) is 4.00. The number of nitrogens with two attached hydrogens (primary N) is 1. The number of hydrogen-bond acceptors (Lipinski definition) is 3. The Hall–Kier alpha value is -2.84. The van der Waals surface area contributed by atoms with E-state index >= 15 is 0 Å². The number of carbonyl (C=O) groups excluding carboxylic acids is 1. The number of hydrogen-bond donors (Lipinski definition) is 1. The molecule has 1 aliphatic carbocycles. The maximum Gasteiger partial charge on any atom is 0.267 e. The van der Waals surface area contributed by atoms with E-state index < -0.39 is 0 Å². The molecule has 160 valence electrons. The molecule has 1 aliphatic rings. The second kappa shape index (κ2) is 10.5. The van der Waals surface area contributed by atoms with Crippen molar-refractivity contribution in [3.8, 4) is 17.2 Å². The van der Waals surface area contributed by atoms with Gasteiger partial charge in [-0.2, -0.15) is 5.26 Å². The lowest BCUT2D eigenvalue weighted by molar-refractivity contribution is -0.125. The summed E-state index contributed by atoms with van der Waals surface area (Å²) in [6.45, 7) is 6.73. The zero-order valence-corrected chi connectivity index (χ0v) is 19.5. The van der Waals surface area contributed by atoms with Crippen LogP contribution in [-0.4, -0.2) is 10.8 Å². The number of halogens is 1. The lowest BCUT2D eigenvalue weighted by Crippen LogP contribution is -2.31. The molecule has 3 rings (SSSR count). The van der Waals surface area contributed by atoms with Gasteiger partial charge in [0.1, 0.15) is 4.48 Å². The predicted octanol–water partition coefficient (Wildman–Crippen LogP) is 6.23. The summed E-state index contributed by atoms with van der Waals surface area (Å²) in [6.07, 6.45) is 4.86. The van der Waals surface area contributed by atoms with Crippen LogP contribution >= 0.6 is 15.9 Å². The van der Waals surface area contributed by atoms with Crippen molar-refractivity contribution in [3.63, 3.8) is 0 Å². The quantitative estimate of drug-likeness (QED) is 0.434. The van der Waals surface area contributed by atoms with Gasteiger partial charge in [-0.1, -0.05) is 62.4 Å². The first kappa shape index (κ1) is 22.8. The highest BCUT2D eigenvalue weighted by Gasteiger charge is 2.30. The molecule has 5 heteroatoms. The molecule has 0 saturated heterocycles. The Labute approximate surface area is 193 Å². The lowest BCUT2D eigenvalue weighted by atomic mass is 9.99. The van der Waals surface area contributed by atoms with Crippen molar-refractivity contribution in [2.45, 2.75) is 45.6 Å². The Kier molecular flexibility index (Phi) is 7.70. The first-order chi connectivity index (χ1) is 15.0. The molecule has 0 spiro atoms. The van der Waals surface area contributed by atoms with Gasteiger partial charge in [-0.15, -0.1) is 0 Å². The summed E-state index contributed by atoms with van der Waals surface area (Å²) in [5.74, 6) is 0.174. The van der Waals surface area contributed by atoms with E-state index in [-0.39, 0.29) is 5.91 Å². The fraction of sp³-hybridized carbons (Fsp3) is 0.308. The number of amides is 1. The Balaban J connectivity index is 1.83. The van der Waals surface area contributed by atoms with Gasteiger partial charge in [-0.25, -0.2) is 0 Å². The van der Waals surface area contributed by atoms with E-state index in [9.17, 15) is 10.1 Å². The first-order valence-electron chi connectivity index (χ1n) is 10.7. The molecule has 2 aromatic rings. The van der Waals surface area contributed by atoms with Gasteiger partial charge in [-0.3, -0.25) is 4.79 Å². The fourth-order valence-electron chi connectivity index (χ4n) is 3.46. The first-order valence-corrected chi connectivity index (χ1v) is 11.5. The van der Waals surface area contributed by atoms with Crippen molar-refractivity contribution < 1.29 is 4.79 Å².